The summed E-state index contributed by atoms with van der Waals surface area (Å²) in [6.07, 6.45) is -0.374. The zero-order valence-corrected chi connectivity index (χ0v) is 17.8. The first kappa shape index (κ1) is 18.6. The highest BCUT2D eigenvalue weighted by atomic mass is 127. The van der Waals surface area contributed by atoms with Crippen LogP contribution in [0.5, 0.6) is 0 Å². The van der Waals surface area contributed by atoms with E-state index in [0.717, 1.165) is 25.8 Å². The zero-order valence-electron chi connectivity index (χ0n) is 14.7. The van der Waals surface area contributed by atoms with Gasteiger partial charge in [-0.3, -0.25) is 9.09 Å². The summed E-state index contributed by atoms with van der Waals surface area (Å²) in [5, 5.41) is 0.652. The molecule has 2 atom stereocenters. The molecule has 0 bridgehead atoms. The molecule has 0 aromatic heterocycles. The number of rotatable bonds is 4. The lowest BCUT2D eigenvalue weighted by Crippen LogP contribution is -1.96. The van der Waals surface area contributed by atoms with Crippen LogP contribution in [0, 0.1) is 0 Å². The molecule has 0 radical (unpaired) electrons. The molecule has 0 spiro atoms. The normalized spacial score (nSPS) is 22.2. The molecular formula is C22H18IO3P. The minimum Gasteiger partial charge on any atom is -0.309 e. The number of halogens is 1. The van der Waals surface area contributed by atoms with Crippen LogP contribution in [0.4, 0.5) is 0 Å². The molecule has 1 heterocycles. The van der Waals surface area contributed by atoms with Crippen LogP contribution in [0.3, 0.4) is 0 Å². The Kier molecular flexibility index (Phi) is 5.33. The van der Waals surface area contributed by atoms with E-state index in [2.05, 4.69) is 34.7 Å². The number of hydrogen-bond donors (Lipinski definition) is 0. The van der Waals surface area contributed by atoms with Crippen molar-refractivity contribution < 1.29 is 13.6 Å². The van der Waals surface area contributed by atoms with Crippen molar-refractivity contribution in [1.82, 2.24) is 0 Å². The monoisotopic (exact) mass is 488 g/mol. The molecule has 0 aliphatic carbocycles. The van der Waals surface area contributed by atoms with Crippen LogP contribution in [-0.4, -0.2) is 7.11 Å². The quantitative estimate of drug-likeness (QED) is 0.291. The average molecular weight is 488 g/mol. The molecule has 3 aromatic carbocycles. The maximum absolute atomic E-state index is 13.4. The second-order valence-corrected chi connectivity index (χ2v) is 9.40. The van der Waals surface area contributed by atoms with E-state index in [-0.39, 0.29) is 6.10 Å². The van der Waals surface area contributed by atoms with E-state index in [1.165, 1.54) is 7.11 Å². The van der Waals surface area contributed by atoms with Crippen LogP contribution in [0.1, 0.15) is 17.2 Å². The third-order valence-electron chi connectivity index (χ3n) is 4.58. The summed E-state index contributed by atoms with van der Waals surface area (Å²) in [5.41, 5.74) is 4.09. The SMILES string of the molecule is COP1(=O)OC(c2ccccc2)C(I)=C1c1ccc(-c2ccccc2)cc1. The van der Waals surface area contributed by atoms with Crippen molar-refractivity contribution in [3.8, 4) is 11.1 Å². The third-order valence-corrected chi connectivity index (χ3v) is 8.13. The van der Waals surface area contributed by atoms with E-state index in [1.807, 2.05) is 72.8 Å². The fraction of sp³-hybridized carbons (Fsp3) is 0.0909. The van der Waals surface area contributed by atoms with Crippen LogP contribution in [0.15, 0.2) is 88.5 Å². The van der Waals surface area contributed by atoms with Crippen molar-refractivity contribution in [2.45, 2.75) is 6.10 Å². The van der Waals surface area contributed by atoms with Gasteiger partial charge < -0.3 is 4.52 Å². The molecule has 1 aliphatic heterocycles. The predicted molar refractivity (Wildman–Crippen MR) is 118 cm³/mol. The molecule has 27 heavy (non-hydrogen) atoms. The van der Waals surface area contributed by atoms with Gasteiger partial charge in [-0.2, -0.15) is 0 Å². The maximum atomic E-state index is 13.4. The van der Waals surface area contributed by atoms with Crippen molar-refractivity contribution in [2.24, 2.45) is 0 Å². The minimum atomic E-state index is -3.38. The van der Waals surface area contributed by atoms with E-state index in [0.29, 0.717) is 5.31 Å². The predicted octanol–water partition coefficient (Wildman–Crippen LogP) is 7.07. The Morgan fingerprint density at radius 1 is 0.815 bits per heavy atom. The van der Waals surface area contributed by atoms with Gasteiger partial charge in [0.05, 0.1) is 5.31 Å². The first-order valence-corrected chi connectivity index (χ1v) is 11.2. The van der Waals surface area contributed by atoms with E-state index >= 15 is 0 Å². The summed E-state index contributed by atoms with van der Waals surface area (Å²) in [6.45, 7) is 0. The fourth-order valence-corrected chi connectivity index (χ4v) is 6.82. The van der Waals surface area contributed by atoms with Gasteiger partial charge in [0, 0.05) is 10.7 Å². The molecule has 0 saturated carbocycles. The Labute approximate surface area is 172 Å². The van der Waals surface area contributed by atoms with Gasteiger partial charge >= 0.3 is 7.60 Å². The number of benzene rings is 3. The minimum absolute atomic E-state index is 0.374. The van der Waals surface area contributed by atoms with Crippen molar-refractivity contribution in [3.63, 3.8) is 0 Å². The molecule has 0 fully saturated rings. The summed E-state index contributed by atoms with van der Waals surface area (Å²) < 4.78 is 25.6. The Balaban J connectivity index is 1.76. The molecule has 3 nitrogen and oxygen atoms in total. The van der Waals surface area contributed by atoms with E-state index in [4.69, 9.17) is 9.05 Å². The molecule has 2 unspecified atom stereocenters. The molecule has 3 aromatic rings. The van der Waals surface area contributed by atoms with E-state index < -0.39 is 7.60 Å². The van der Waals surface area contributed by atoms with Crippen molar-refractivity contribution in [1.29, 1.82) is 0 Å². The highest BCUT2D eigenvalue weighted by Gasteiger charge is 2.44. The van der Waals surface area contributed by atoms with Crippen molar-refractivity contribution >= 4 is 35.5 Å². The van der Waals surface area contributed by atoms with Crippen LogP contribution in [0.25, 0.3) is 16.4 Å². The molecule has 1 aliphatic rings. The Morgan fingerprint density at radius 2 is 1.33 bits per heavy atom. The van der Waals surface area contributed by atoms with Gasteiger partial charge in [0.15, 0.2) is 0 Å². The lowest BCUT2D eigenvalue weighted by Gasteiger charge is -2.15. The lowest BCUT2D eigenvalue weighted by atomic mass is 10.0. The van der Waals surface area contributed by atoms with Crippen LogP contribution in [0.2, 0.25) is 0 Å². The Hall–Kier alpha value is -1.72. The standard InChI is InChI=1S/C22H18IO3P/c1-25-27(24)22(20(23)21(26-27)18-10-6-3-7-11-18)19-14-12-17(13-15-19)16-8-4-2-5-9-16/h2-15,21H,1H3. The first-order valence-electron chi connectivity index (χ1n) is 8.57. The van der Waals surface area contributed by atoms with E-state index in [9.17, 15) is 4.57 Å². The van der Waals surface area contributed by atoms with Crippen LogP contribution in [-0.2, 0) is 13.6 Å². The fourth-order valence-electron chi connectivity index (χ4n) is 3.21. The third kappa shape index (κ3) is 3.55. The van der Waals surface area contributed by atoms with Gasteiger partial charge in [0.2, 0.25) is 0 Å². The van der Waals surface area contributed by atoms with Gasteiger partial charge in [0.25, 0.3) is 0 Å². The van der Waals surface area contributed by atoms with Crippen molar-refractivity contribution in [3.05, 3.63) is 99.6 Å². The second-order valence-electron chi connectivity index (χ2n) is 6.22. The topological polar surface area (TPSA) is 35.5 Å². The van der Waals surface area contributed by atoms with E-state index in [1.54, 1.807) is 0 Å². The second kappa shape index (κ2) is 7.72. The first-order chi connectivity index (χ1) is 13.1. The van der Waals surface area contributed by atoms with Gasteiger partial charge in [-0.25, -0.2) is 0 Å². The molecule has 0 saturated heterocycles. The summed E-state index contributed by atoms with van der Waals surface area (Å²) in [5.74, 6) is 0. The Bertz CT molecular complexity index is 1010. The molecular weight excluding hydrogens is 470 g/mol. The summed E-state index contributed by atoms with van der Waals surface area (Å²) in [4.78, 5) is 0. The smallest absolute Gasteiger partial charge is 0.309 e. The largest absolute Gasteiger partial charge is 0.363 e. The Morgan fingerprint density at radius 3 is 1.93 bits per heavy atom. The maximum Gasteiger partial charge on any atom is 0.363 e. The summed E-state index contributed by atoms with van der Waals surface area (Å²) >= 11 is 2.23. The average Bonchev–Trinajstić information content (AvgIpc) is 3.01. The molecule has 136 valence electrons. The molecule has 0 amide bonds. The van der Waals surface area contributed by atoms with Crippen LogP contribution >= 0.6 is 30.2 Å². The summed E-state index contributed by atoms with van der Waals surface area (Å²) in [6, 6.07) is 28.0. The highest BCUT2D eigenvalue weighted by molar-refractivity contribution is 14.1. The lowest BCUT2D eigenvalue weighted by molar-refractivity contribution is 0.213. The molecule has 0 N–H and O–H groups in total. The van der Waals surface area contributed by atoms with Gasteiger partial charge in [-0.1, -0.05) is 84.9 Å². The van der Waals surface area contributed by atoms with Gasteiger partial charge in [-0.15, -0.1) is 0 Å². The number of hydrogen-bond acceptors (Lipinski definition) is 3. The molecule has 4 rings (SSSR count). The molecule has 5 heteroatoms. The van der Waals surface area contributed by atoms with Crippen LogP contribution < -0.4 is 0 Å². The van der Waals surface area contributed by atoms with Gasteiger partial charge in [0.1, 0.15) is 6.10 Å². The van der Waals surface area contributed by atoms with Gasteiger partial charge in [-0.05, 0) is 44.8 Å². The zero-order chi connectivity index (χ0) is 18.9. The van der Waals surface area contributed by atoms with Crippen molar-refractivity contribution in [2.75, 3.05) is 7.11 Å². The highest BCUT2D eigenvalue weighted by Crippen LogP contribution is 2.71. The summed E-state index contributed by atoms with van der Waals surface area (Å²) in [7, 11) is -1.93.